The number of benzene rings is 2. The normalized spacial score (nSPS) is 11.9. The Bertz CT molecular complexity index is 844. The summed E-state index contributed by atoms with van der Waals surface area (Å²) in [6.07, 6.45) is -0.712. The number of hydrogen-bond donors (Lipinski definition) is 3. The molecule has 0 spiro atoms. The van der Waals surface area contributed by atoms with E-state index in [1.807, 2.05) is 6.07 Å². The molecule has 0 aliphatic carbocycles. The van der Waals surface area contributed by atoms with Crippen molar-refractivity contribution in [2.24, 2.45) is 0 Å². The van der Waals surface area contributed by atoms with Gasteiger partial charge in [-0.05, 0) is 38.5 Å². The van der Waals surface area contributed by atoms with E-state index in [1.165, 1.54) is 7.05 Å². The lowest BCUT2D eigenvalue weighted by atomic mass is 10.1. The minimum atomic E-state index is -0.992. The summed E-state index contributed by atoms with van der Waals surface area (Å²) < 4.78 is 5.28. The summed E-state index contributed by atoms with van der Waals surface area (Å²) in [5, 5.41) is 7.86. The van der Waals surface area contributed by atoms with Crippen LogP contribution in [0.2, 0.25) is 0 Å². The Labute approximate surface area is 164 Å². The maximum atomic E-state index is 13.0. The van der Waals surface area contributed by atoms with E-state index in [0.29, 0.717) is 16.8 Å². The Morgan fingerprint density at radius 3 is 2.14 bits per heavy atom. The van der Waals surface area contributed by atoms with Crippen molar-refractivity contribution >= 4 is 23.6 Å². The van der Waals surface area contributed by atoms with Crippen molar-refractivity contribution in [3.63, 3.8) is 0 Å². The van der Waals surface area contributed by atoms with Gasteiger partial charge < -0.3 is 20.7 Å². The molecular formula is C21H25N3O4. The molecule has 0 heterocycles. The zero-order valence-electron chi connectivity index (χ0n) is 16.4. The number of amides is 3. The van der Waals surface area contributed by atoms with Crippen molar-refractivity contribution in [2.45, 2.75) is 32.4 Å². The van der Waals surface area contributed by atoms with Crippen molar-refractivity contribution in [1.82, 2.24) is 10.6 Å². The lowest BCUT2D eigenvalue weighted by Crippen LogP contribution is -2.40. The maximum absolute atomic E-state index is 13.0. The van der Waals surface area contributed by atoms with Gasteiger partial charge in [-0.15, -0.1) is 0 Å². The fraction of sp³-hybridized carbons (Fsp3) is 0.286. The predicted molar refractivity (Wildman–Crippen MR) is 107 cm³/mol. The molecule has 0 fully saturated rings. The first-order chi connectivity index (χ1) is 13.2. The van der Waals surface area contributed by atoms with Gasteiger partial charge in [-0.25, -0.2) is 4.79 Å². The highest BCUT2D eigenvalue weighted by Crippen LogP contribution is 2.20. The maximum Gasteiger partial charge on any atom is 0.408 e. The van der Waals surface area contributed by atoms with Crippen molar-refractivity contribution in [3.8, 4) is 0 Å². The van der Waals surface area contributed by atoms with Crippen LogP contribution in [-0.2, 0) is 9.53 Å². The molecule has 0 radical (unpaired) electrons. The molecule has 7 nitrogen and oxygen atoms in total. The molecule has 7 heteroatoms. The van der Waals surface area contributed by atoms with Gasteiger partial charge in [-0.2, -0.15) is 0 Å². The van der Waals surface area contributed by atoms with Crippen molar-refractivity contribution in [3.05, 3.63) is 65.7 Å². The summed E-state index contributed by atoms with van der Waals surface area (Å²) in [6, 6.07) is 14.5. The zero-order valence-corrected chi connectivity index (χ0v) is 16.4. The van der Waals surface area contributed by atoms with Crippen molar-refractivity contribution in [2.75, 3.05) is 12.4 Å². The minimum absolute atomic E-state index is 0.322. The number of alkyl carbamates (subject to hydrolysis) is 1. The molecule has 2 aromatic rings. The van der Waals surface area contributed by atoms with E-state index in [9.17, 15) is 14.4 Å². The summed E-state index contributed by atoms with van der Waals surface area (Å²) >= 11 is 0. The first kappa shape index (κ1) is 21.0. The number of nitrogens with one attached hydrogen (secondary N) is 3. The summed E-state index contributed by atoms with van der Waals surface area (Å²) in [7, 11) is 1.51. The summed E-state index contributed by atoms with van der Waals surface area (Å²) in [5.41, 5.74) is 0.553. The second-order valence-electron chi connectivity index (χ2n) is 7.10. The van der Waals surface area contributed by atoms with Gasteiger partial charge in [-0.3, -0.25) is 9.59 Å². The van der Waals surface area contributed by atoms with Gasteiger partial charge in [0.1, 0.15) is 11.6 Å². The zero-order chi connectivity index (χ0) is 20.7. The second kappa shape index (κ2) is 9.03. The van der Waals surface area contributed by atoms with Crippen LogP contribution in [0, 0.1) is 0 Å². The lowest BCUT2D eigenvalue weighted by Gasteiger charge is -2.24. The van der Waals surface area contributed by atoms with E-state index in [2.05, 4.69) is 16.0 Å². The monoisotopic (exact) mass is 383 g/mol. The molecule has 1 unspecified atom stereocenters. The smallest absolute Gasteiger partial charge is 0.408 e. The Morgan fingerprint density at radius 1 is 0.929 bits per heavy atom. The second-order valence-corrected chi connectivity index (χ2v) is 7.10. The third kappa shape index (κ3) is 5.84. The molecule has 0 aromatic heterocycles. The van der Waals surface area contributed by atoms with Gasteiger partial charge in [0.15, 0.2) is 0 Å². The average Bonchev–Trinajstić information content (AvgIpc) is 2.65. The third-order valence-electron chi connectivity index (χ3n) is 3.71. The van der Waals surface area contributed by atoms with Gasteiger partial charge in [0.25, 0.3) is 11.8 Å². The van der Waals surface area contributed by atoms with Crippen molar-refractivity contribution < 1.29 is 19.1 Å². The number of carbonyl (C=O) groups excluding carboxylic acids is 3. The number of ether oxygens (including phenoxy) is 1. The molecule has 28 heavy (non-hydrogen) atoms. The fourth-order valence-corrected chi connectivity index (χ4v) is 2.50. The number of para-hydroxylation sites is 1. The van der Waals surface area contributed by atoms with Crippen LogP contribution >= 0.6 is 0 Å². The number of rotatable bonds is 5. The fourth-order valence-electron chi connectivity index (χ4n) is 2.50. The lowest BCUT2D eigenvalue weighted by molar-refractivity contribution is -0.118. The van der Waals surface area contributed by atoms with E-state index in [0.717, 1.165) is 0 Å². The van der Waals surface area contributed by atoms with Crippen LogP contribution in [0.5, 0.6) is 0 Å². The van der Waals surface area contributed by atoms with Gasteiger partial charge in [0.2, 0.25) is 0 Å². The molecule has 3 N–H and O–H groups in total. The minimum Gasteiger partial charge on any atom is -0.444 e. The van der Waals surface area contributed by atoms with E-state index in [1.54, 1.807) is 69.3 Å². The van der Waals surface area contributed by atoms with E-state index in [4.69, 9.17) is 4.74 Å². The molecule has 2 aromatic carbocycles. The van der Waals surface area contributed by atoms with Gasteiger partial charge >= 0.3 is 6.09 Å². The number of anilines is 1. The quantitative estimate of drug-likeness (QED) is 0.738. The highest BCUT2D eigenvalue weighted by atomic mass is 16.6. The van der Waals surface area contributed by atoms with Gasteiger partial charge in [0.05, 0.1) is 11.3 Å². The molecule has 0 saturated carbocycles. The number of hydrogen-bond acceptors (Lipinski definition) is 4. The number of carbonyl (C=O) groups is 3. The topological polar surface area (TPSA) is 96.5 Å². The molecule has 0 aliphatic heterocycles. The molecule has 3 amide bonds. The molecule has 0 bridgehead atoms. The third-order valence-corrected chi connectivity index (χ3v) is 3.71. The van der Waals surface area contributed by atoms with Crippen LogP contribution < -0.4 is 16.0 Å². The summed E-state index contributed by atoms with van der Waals surface area (Å²) in [4.78, 5) is 37.2. The Kier molecular flexibility index (Phi) is 6.76. The molecule has 0 aliphatic rings. The summed E-state index contributed by atoms with van der Waals surface area (Å²) in [5.74, 6) is -0.819. The van der Waals surface area contributed by atoms with Gasteiger partial charge in [-0.1, -0.05) is 42.5 Å². The average molecular weight is 383 g/mol. The van der Waals surface area contributed by atoms with E-state index < -0.39 is 23.6 Å². The Hall–Kier alpha value is -3.35. The molecule has 0 saturated heterocycles. The largest absolute Gasteiger partial charge is 0.444 e. The Morgan fingerprint density at radius 2 is 1.54 bits per heavy atom. The van der Waals surface area contributed by atoms with Crippen LogP contribution in [0.1, 0.15) is 42.7 Å². The summed E-state index contributed by atoms with van der Waals surface area (Å²) in [6.45, 7) is 5.22. The van der Waals surface area contributed by atoms with Crippen molar-refractivity contribution in [1.29, 1.82) is 0 Å². The standard InChI is InChI=1S/C21H25N3O4/c1-21(2,3)28-20(27)24-17(14-10-6-5-7-11-14)19(26)23-16-13-9-8-12-15(16)18(25)22-4/h5-13,17H,1-4H3,(H,22,25)(H,23,26)(H,24,27). The highest BCUT2D eigenvalue weighted by molar-refractivity contribution is 6.05. The molecule has 1 atom stereocenters. The molecule has 148 valence electrons. The van der Waals surface area contributed by atoms with Crippen LogP contribution in [-0.4, -0.2) is 30.6 Å². The predicted octanol–water partition coefficient (Wildman–Crippen LogP) is 3.25. The van der Waals surface area contributed by atoms with Crippen LogP contribution in [0.25, 0.3) is 0 Å². The van der Waals surface area contributed by atoms with Crippen LogP contribution in [0.15, 0.2) is 54.6 Å². The highest BCUT2D eigenvalue weighted by Gasteiger charge is 2.26. The first-order valence-corrected chi connectivity index (χ1v) is 8.87. The van der Waals surface area contributed by atoms with E-state index >= 15 is 0 Å². The van der Waals surface area contributed by atoms with Gasteiger partial charge in [0, 0.05) is 7.05 Å². The molecular weight excluding hydrogens is 358 g/mol. The first-order valence-electron chi connectivity index (χ1n) is 8.87. The molecule has 2 rings (SSSR count). The SMILES string of the molecule is CNC(=O)c1ccccc1NC(=O)C(NC(=O)OC(C)(C)C)c1ccccc1. The van der Waals surface area contributed by atoms with E-state index in [-0.39, 0.29) is 5.91 Å². The Balaban J connectivity index is 2.28. The van der Waals surface area contributed by atoms with Crippen LogP contribution in [0.4, 0.5) is 10.5 Å². The van der Waals surface area contributed by atoms with Crippen LogP contribution in [0.3, 0.4) is 0 Å².